The number of nitrogens with one attached hydrogen (secondary N) is 2. The zero-order valence-corrected chi connectivity index (χ0v) is 11.9. The number of aryl methyl sites for hydroxylation is 1. The van der Waals surface area contributed by atoms with Gasteiger partial charge < -0.3 is 9.97 Å². The first-order valence-corrected chi connectivity index (χ1v) is 7.24. The minimum atomic E-state index is -0.198. The summed E-state index contributed by atoms with van der Waals surface area (Å²) < 4.78 is 1.76. The van der Waals surface area contributed by atoms with E-state index in [0.717, 1.165) is 32.9 Å². The van der Waals surface area contributed by atoms with E-state index in [0.29, 0.717) is 0 Å². The molecule has 0 bridgehead atoms. The Morgan fingerprint density at radius 2 is 2.05 bits per heavy atom. The molecule has 0 aliphatic heterocycles. The van der Waals surface area contributed by atoms with Gasteiger partial charge in [-0.1, -0.05) is 6.07 Å². The van der Waals surface area contributed by atoms with Crippen LogP contribution in [-0.4, -0.2) is 24.7 Å². The smallest absolute Gasteiger partial charge is 0.306 e. The third kappa shape index (κ3) is 2.07. The highest BCUT2D eigenvalue weighted by Crippen LogP contribution is 2.29. The number of hydrogen-bond acceptors (Lipinski definition) is 4. The summed E-state index contributed by atoms with van der Waals surface area (Å²) in [5.74, 6) is 0. The predicted octanol–water partition coefficient (Wildman–Crippen LogP) is 2.38. The van der Waals surface area contributed by atoms with E-state index >= 15 is 0 Å². The molecule has 3 heterocycles. The number of nitrogens with zero attached hydrogens (tertiary/aromatic N) is 3. The molecule has 0 saturated carbocycles. The lowest BCUT2D eigenvalue weighted by Crippen LogP contribution is -1.99. The van der Waals surface area contributed by atoms with Crippen molar-refractivity contribution in [3.05, 3.63) is 46.5 Å². The van der Waals surface area contributed by atoms with Gasteiger partial charge in [0, 0.05) is 29.8 Å². The number of aromatic amines is 2. The number of rotatable bonds is 2. The van der Waals surface area contributed by atoms with Crippen LogP contribution in [0, 0.1) is 0 Å². The van der Waals surface area contributed by atoms with Crippen molar-refractivity contribution in [2.45, 2.75) is 0 Å². The lowest BCUT2D eigenvalue weighted by Gasteiger charge is -1.96. The Morgan fingerprint density at radius 3 is 2.86 bits per heavy atom. The van der Waals surface area contributed by atoms with Crippen LogP contribution in [0.3, 0.4) is 0 Å². The van der Waals surface area contributed by atoms with Crippen molar-refractivity contribution in [3.8, 4) is 21.8 Å². The molecule has 3 aromatic heterocycles. The van der Waals surface area contributed by atoms with Gasteiger partial charge in [0.1, 0.15) is 5.01 Å². The SMILES string of the molecule is Cn1cc(-c2nc(-c3ccc4[nH]c(=O)[nH]c4c3)cs2)cn1. The van der Waals surface area contributed by atoms with Gasteiger partial charge >= 0.3 is 5.69 Å². The minimum absolute atomic E-state index is 0.198. The maximum atomic E-state index is 11.3. The van der Waals surface area contributed by atoms with Crippen LogP contribution in [0.1, 0.15) is 0 Å². The lowest BCUT2D eigenvalue weighted by atomic mass is 10.1. The molecule has 21 heavy (non-hydrogen) atoms. The molecule has 6 nitrogen and oxygen atoms in total. The van der Waals surface area contributed by atoms with E-state index in [1.165, 1.54) is 0 Å². The molecular formula is C14H11N5OS. The van der Waals surface area contributed by atoms with Crippen molar-refractivity contribution in [1.82, 2.24) is 24.7 Å². The zero-order chi connectivity index (χ0) is 14.4. The summed E-state index contributed by atoms with van der Waals surface area (Å²) in [4.78, 5) is 21.4. The molecule has 0 aliphatic rings. The summed E-state index contributed by atoms with van der Waals surface area (Å²) in [6, 6.07) is 5.76. The molecule has 104 valence electrons. The molecule has 1 aromatic carbocycles. The van der Waals surface area contributed by atoms with Crippen LogP contribution in [0.5, 0.6) is 0 Å². The highest BCUT2D eigenvalue weighted by molar-refractivity contribution is 7.13. The molecule has 0 aliphatic carbocycles. The minimum Gasteiger partial charge on any atom is -0.306 e. The number of aromatic nitrogens is 5. The molecule has 0 spiro atoms. The molecule has 0 fully saturated rings. The van der Waals surface area contributed by atoms with Gasteiger partial charge in [0.15, 0.2) is 0 Å². The second kappa shape index (κ2) is 4.42. The maximum absolute atomic E-state index is 11.3. The van der Waals surface area contributed by atoms with Gasteiger partial charge in [-0.05, 0) is 12.1 Å². The number of fused-ring (bicyclic) bond motifs is 1. The summed E-state index contributed by atoms with van der Waals surface area (Å²) >= 11 is 1.58. The Kier molecular flexibility index (Phi) is 2.55. The second-order valence-corrected chi connectivity index (χ2v) is 5.64. The molecular weight excluding hydrogens is 286 g/mol. The van der Waals surface area contributed by atoms with Crippen molar-refractivity contribution < 1.29 is 0 Å². The van der Waals surface area contributed by atoms with Crippen molar-refractivity contribution in [2.75, 3.05) is 0 Å². The largest absolute Gasteiger partial charge is 0.323 e. The van der Waals surface area contributed by atoms with Crippen LogP contribution < -0.4 is 5.69 Å². The lowest BCUT2D eigenvalue weighted by molar-refractivity contribution is 0.768. The van der Waals surface area contributed by atoms with Gasteiger partial charge in [0.25, 0.3) is 0 Å². The van der Waals surface area contributed by atoms with Gasteiger partial charge in [-0.2, -0.15) is 5.10 Å². The molecule has 0 radical (unpaired) electrons. The van der Waals surface area contributed by atoms with Crippen LogP contribution in [0.15, 0.2) is 40.8 Å². The second-order valence-electron chi connectivity index (χ2n) is 4.78. The Labute approximate surface area is 123 Å². The highest BCUT2D eigenvalue weighted by atomic mass is 32.1. The fourth-order valence-electron chi connectivity index (χ4n) is 2.26. The number of thiazole rings is 1. The van der Waals surface area contributed by atoms with Crippen molar-refractivity contribution >= 4 is 22.4 Å². The molecule has 0 saturated heterocycles. The molecule has 0 amide bonds. The quantitative estimate of drug-likeness (QED) is 0.596. The van der Waals surface area contributed by atoms with E-state index in [1.807, 2.05) is 36.8 Å². The molecule has 2 N–H and O–H groups in total. The summed E-state index contributed by atoms with van der Waals surface area (Å²) in [6.45, 7) is 0. The highest BCUT2D eigenvalue weighted by Gasteiger charge is 2.09. The Hall–Kier alpha value is -2.67. The third-order valence-corrected chi connectivity index (χ3v) is 4.16. The van der Waals surface area contributed by atoms with Gasteiger partial charge in [0.05, 0.1) is 22.9 Å². The topological polar surface area (TPSA) is 79.4 Å². The fraction of sp³-hybridized carbons (Fsp3) is 0.0714. The van der Waals surface area contributed by atoms with E-state index in [2.05, 4.69) is 20.1 Å². The average Bonchev–Trinajstić information content (AvgIpc) is 3.15. The van der Waals surface area contributed by atoms with Gasteiger partial charge in [-0.25, -0.2) is 9.78 Å². The fourth-order valence-corrected chi connectivity index (χ4v) is 3.07. The van der Waals surface area contributed by atoms with E-state index in [4.69, 9.17) is 0 Å². The molecule has 0 unspecified atom stereocenters. The summed E-state index contributed by atoms with van der Waals surface area (Å²) in [6.07, 6.45) is 3.74. The number of H-pyrrole nitrogens is 2. The van der Waals surface area contributed by atoms with Crippen molar-refractivity contribution in [1.29, 1.82) is 0 Å². The molecule has 4 aromatic rings. The van der Waals surface area contributed by atoms with E-state index in [-0.39, 0.29) is 5.69 Å². The summed E-state index contributed by atoms with van der Waals surface area (Å²) in [5.41, 5.74) is 4.26. The predicted molar refractivity (Wildman–Crippen MR) is 82.2 cm³/mol. The van der Waals surface area contributed by atoms with Crippen molar-refractivity contribution in [3.63, 3.8) is 0 Å². The van der Waals surface area contributed by atoms with E-state index < -0.39 is 0 Å². The summed E-state index contributed by atoms with van der Waals surface area (Å²) in [7, 11) is 1.88. The van der Waals surface area contributed by atoms with Crippen LogP contribution in [-0.2, 0) is 7.05 Å². The Morgan fingerprint density at radius 1 is 1.19 bits per heavy atom. The summed E-state index contributed by atoms with van der Waals surface area (Å²) in [5, 5.41) is 7.10. The van der Waals surface area contributed by atoms with Gasteiger partial charge in [-0.15, -0.1) is 11.3 Å². The normalized spacial score (nSPS) is 11.3. The first-order chi connectivity index (χ1) is 10.2. The Balaban J connectivity index is 1.78. The van der Waals surface area contributed by atoms with E-state index in [9.17, 15) is 4.79 Å². The molecule has 0 atom stereocenters. The standard InChI is InChI=1S/C14H11N5OS/c1-19-6-9(5-15-19)13-16-12(7-21-13)8-2-3-10-11(4-8)18-14(20)17-10/h2-7H,1H3,(H2,17,18,20). The van der Waals surface area contributed by atoms with Crippen LogP contribution >= 0.6 is 11.3 Å². The number of hydrogen-bond donors (Lipinski definition) is 2. The Bertz CT molecular complexity index is 990. The average molecular weight is 297 g/mol. The number of imidazole rings is 1. The maximum Gasteiger partial charge on any atom is 0.323 e. The zero-order valence-electron chi connectivity index (χ0n) is 11.1. The first-order valence-electron chi connectivity index (χ1n) is 6.36. The van der Waals surface area contributed by atoms with E-state index in [1.54, 1.807) is 22.2 Å². The van der Waals surface area contributed by atoms with Crippen molar-refractivity contribution in [2.24, 2.45) is 7.05 Å². The third-order valence-electron chi connectivity index (χ3n) is 3.27. The monoisotopic (exact) mass is 297 g/mol. The first kappa shape index (κ1) is 12.1. The van der Waals surface area contributed by atoms with Gasteiger partial charge in [0.2, 0.25) is 0 Å². The van der Waals surface area contributed by atoms with Crippen LogP contribution in [0.4, 0.5) is 0 Å². The number of benzene rings is 1. The van der Waals surface area contributed by atoms with Crippen LogP contribution in [0.25, 0.3) is 32.9 Å². The van der Waals surface area contributed by atoms with Gasteiger partial charge in [-0.3, -0.25) is 4.68 Å². The molecule has 4 rings (SSSR count). The molecule has 7 heteroatoms. The van der Waals surface area contributed by atoms with Crippen LogP contribution in [0.2, 0.25) is 0 Å².